The van der Waals surface area contributed by atoms with Crippen molar-refractivity contribution in [3.63, 3.8) is 0 Å². The lowest BCUT2D eigenvalue weighted by Gasteiger charge is -2.21. The summed E-state index contributed by atoms with van der Waals surface area (Å²) in [4.78, 5) is 3.59. The Bertz CT molecular complexity index is 604. The molecule has 1 aromatic heterocycles. The van der Waals surface area contributed by atoms with Crippen LogP contribution in [0.1, 0.15) is 5.56 Å². The minimum atomic E-state index is -4.47. The summed E-state index contributed by atoms with van der Waals surface area (Å²) in [5.41, 5.74) is -0.880. The molecule has 0 saturated carbocycles. The molecule has 0 radical (unpaired) electrons. The van der Waals surface area contributed by atoms with E-state index in [9.17, 15) is 21.6 Å². The number of rotatable bonds is 3. The maximum atomic E-state index is 12.4. The molecule has 124 valence electrons. The highest BCUT2D eigenvalue weighted by molar-refractivity contribution is 7.88. The zero-order valence-corrected chi connectivity index (χ0v) is 12.5. The molecular formula is C12H15F3N2O4S. The molecule has 0 aliphatic carbocycles. The van der Waals surface area contributed by atoms with E-state index in [4.69, 9.17) is 9.47 Å². The van der Waals surface area contributed by atoms with E-state index in [2.05, 4.69) is 4.98 Å². The normalized spacial score (nSPS) is 21.4. The first-order valence-corrected chi connectivity index (χ1v) is 8.24. The Morgan fingerprint density at radius 3 is 2.68 bits per heavy atom. The fourth-order valence-electron chi connectivity index (χ4n) is 1.91. The van der Waals surface area contributed by atoms with Crippen molar-refractivity contribution in [2.75, 3.05) is 32.6 Å². The van der Waals surface area contributed by atoms with Gasteiger partial charge in [-0.3, -0.25) is 0 Å². The number of halogens is 3. The molecule has 1 saturated heterocycles. The number of hydrogen-bond acceptors (Lipinski definition) is 5. The van der Waals surface area contributed by atoms with Gasteiger partial charge in [-0.15, -0.1) is 0 Å². The van der Waals surface area contributed by atoms with Crippen LogP contribution in [0.5, 0.6) is 5.88 Å². The van der Waals surface area contributed by atoms with Gasteiger partial charge in [0.1, 0.15) is 6.10 Å². The molecule has 10 heteroatoms. The van der Waals surface area contributed by atoms with Crippen molar-refractivity contribution in [2.45, 2.75) is 12.3 Å². The maximum absolute atomic E-state index is 12.4. The van der Waals surface area contributed by atoms with Crippen molar-refractivity contribution < 1.29 is 31.1 Å². The van der Waals surface area contributed by atoms with Crippen molar-refractivity contribution in [1.29, 1.82) is 0 Å². The molecule has 0 bridgehead atoms. The molecule has 2 heterocycles. The standard InChI is InChI=1S/C12H15F3N2O4S/c1-22(18,19)17-4-5-20-8-10(7-17)21-11-3-2-9(6-16-11)12(13,14)15/h2-3,6,10H,4-5,7-8H2,1H3/t10-/m1/s1. The van der Waals surface area contributed by atoms with Gasteiger partial charge in [0.05, 0.1) is 31.6 Å². The van der Waals surface area contributed by atoms with E-state index in [0.29, 0.717) is 6.20 Å². The molecule has 6 nitrogen and oxygen atoms in total. The highest BCUT2D eigenvalue weighted by atomic mass is 32.2. The molecule has 1 aliphatic rings. The average molecular weight is 340 g/mol. The SMILES string of the molecule is CS(=O)(=O)N1CCOC[C@H](Oc2ccc(C(F)(F)F)cn2)C1. The molecule has 22 heavy (non-hydrogen) atoms. The zero-order valence-electron chi connectivity index (χ0n) is 11.7. The predicted molar refractivity (Wildman–Crippen MR) is 70.9 cm³/mol. The smallest absolute Gasteiger partial charge is 0.417 e. The molecule has 1 aromatic rings. The molecule has 0 N–H and O–H groups in total. The van der Waals surface area contributed by atoms with Crippen LogP contribution >= 0.6 is 0 Å². The minimum absolute atomic E-state index is 0.0167. The van der Waals surface area contributed by atoms with E-state index in [1.807, 2.05) is 0 Å². The molecule has 0 aromatic carbocycles. The van der Waals surface area contributed by atoms with Crippen LogP contribution in [0.3, 0.4) is 0 Å². The highest BCUT2D eigenvalue weighted by Crippen LogP contribution is 2.29. The third-order valence-electron chi connectivity index (χ3n) is 3.02. The number of pyridine rings is 1. The number of aromatic nitrogens is 1. The first-order chi connectivity index (χ1) is 10.2. The molecule has 0 amide bonds. The van der Waals surface area contributed by atoms with Crippen LogP contribution < -0.4 is 4.74 Å². The summed E-state index contributed by atoms with van der Waals surface area (Å²) in [5, 5.41) is 0. The van der Waals surface area contributed by atoms with E-state index >= 15 is 0 Å². The zero-order chi connectivity index (χ0) is 16.4. The van der Waals surface area contributed by atoms with Crippen molar-refractivity contribution in [1.82, 2.24) is 9.29 Å². The van der Waals surface area contributed by atoms with Gasteiger partial charge < -0.3 is 9.47 Å². The van der Waals surface area contributed by atoms with Crippen molar-refractivity contribution in [3.8, 4) is 5.88 Å². The topological polar surface area (TPSA) is 68.7 Å². The minimum Gasteiger partial charge on any atom is -0.470 e. The number of ether oxygens (including phenoxy) is 2. The van der Waals surface area contributed by atoms with Crippen LogP contribution in [0.25, 0.3) is 0 Å². The van der Waals surface area contributed by atoms with Crippen molar-refractivity contribution in [3.05, 3.63) is 23.9 Å². The Morgan fingerprint density at radius 1 is 1.41 bits per heavy atom. The summed E-state index contributed by atoms with van der Waals surface area (Å²) in [6.07, 6.45) is -3.36. The molecular weight excluding hydrogens is 325 g/mol. The van der Waals surface area contributed by atoms with Gasteiger partial charge in [-0.1, -0.05) is 0 Å². The van der Waals surface area contributed by atoms with Gasteiger partial charge in [0.25, 0.3) is 0 Å². The molecule has 0 spiro atoms. The van der Waals surface area contributed by atoms with Crippen LogP contribution in [0.2, 0.25) is 0 Å². The number of nitrogens with zero attached hydrogens (tertiary/aromatic N) is 2. The summed E-state index contributed by atoms with van der Waals surface area (Å²) in [6, 6.07) is 1.95. The number of hydrogen-bond donors (Lipinski definition) is 0. The largest absolute Gasteiger partial charge is 0.470 e. The monoisotopic (exact) mass is 340 g/mol. The molecule has 1 aliphatic heterocycles. The second-order valence-corrected chi connectivity index (χ2v) is 6.80. The molecule has 0 unspecified atom stereocenters. The van der Waals surface area contributed by atoms with Crippen LogP contribution in [-0.4, -0.2) is 56.4 Å². The summed E-state index contributed by atoms with van der Waals surface area (Å²) in [6.45, 7) is 0.628. The fraction of sp³-hybridized carbons (Fsp3) is 0.583. The van der Waals surface area contributed by atoms with E-state index in [0.717, 1.165) is 18.4 Å². The Balaban J connectivity index is 2.06. The molecule has 2 rings (SSSR count). The van der Waals surface area contributed by atoms with Gasteiger partial charge in [0.15, 0.2) is 0 Å². The summed E-state index contributed by atoms with van der Waals surface area (Å²) in [7, 11) is -3.40. The van der Waals surface area contributed by atoms with E-state index in [1.54, 1.807) is 0 Å². The second kappa shape index (κ2) is 6.39. The van der Waals surface area contributed by atoms with Crippen LogP contribution in [0.4, 0.5) is 13.2 Å². The predicted octanol–water partition coefficient (Wildman–Crippen LogP) is 1.14. The molecule has 1 atom stereocenters. The van der Waals surface area contributed by atoms with Crippen LogP contribution in [-0.2, 0) is 20.9 Å². The summed E-state index contributed by atoms with van der Waals surface area (Å²) >= 11 is 0. The van der Waals surface area contributed by atoms with Crippen molar-refractivity contribution >= 4 is 10.0 Å². The number of alkyl halides is 3. The van der Waals surface area contributed by atoms with Gasteiger partial charge in [-0.2, -0.15) is 17.5 Å². The van der Waals surface area contributed by atoms with Gasteiger partial charge in [-0.05, 0) is 6.07 Å². The lowest BCUT2D eigenvalue weighted by atomic mass is 10.3. The Kier molecular flexibility index (Phi) is 4.93. The highest BCUT2D eigenvalue weighted by Gasteiger charge is 2.31. The Morgan fingerprint density at radius 2 is 2.14 bits per heavy atom. The Hall–Kier alpha value is -1.39. The van der Waals surface area contributed by atoms with Gasteiger partial charge >= 0.3 is 6.18 Å². The van der Waals surface area contributed by atoms with Gasteiger partial charge in [0, 0.05) is 18.8 Å². The lowest BCUT2D eigenvalue weighted by molar-refractivity contribution is -0.137. The first-order valence-electron chi connectivity index (χ1n) is 6.39. The van der Waals surface area contributed by atoms with E-state index in [-0.39, 0.29) is 32.2 Å². The quantitative estimate of drug-likeness (QED) is 0.825. The van der Waals surface area contributed by atoms with Gasteiger partial charge in [-0.25, -0.2) is 13.4 Å². The number of sulfonamides is 1. The first kappa shape index (κ1) is 17.0. The summed E-state index contributed by atoms with van der Waals surface area (Å²) in [5.74, 6) is -0.0167. The molecule has 1 fully saturated rings. The second-order valence-electron chi connectivity index (χ2n) is 4.82. The fourth-order valence-corrected chi connectivity index (χ4v) is 2.76. The van der Waals surface area contributed by atoms with E-state index in [1.165, 1.54) is 4.31 Å². The van der Waals surface area contributed by atoms with E-state index < -0.39 is 27.9 Å². The van der Waals surface area contributed by atoms with Crippen molar-refractivity contribution in [2.24, 2.45) is 0 Å². The van der Waals surface area contributed by atoms with Crippen LogP contribution in [0, 0.1) is 0 Å². The maximum Gasteiger partial charge on any atom is 0.417 e. The summed E-state index contributed by atoms with van der Waals surface area (Å²) < 4.78 is 72.3. The Labute approximate surface area is 125 Å². The lowest BCUT2D eigenvalue weighted by Crippen LogP contribution is -2.39. The van der Waals surface area contributed by atoms with Gasteiger partial charge in [0.2, 0.25) is 15.9 Å². The average Bonchev–Trinajstić information content (AvgIpc) is 2.63. The third kappa shape index (κ3) is 4.55. The van der Waals surface area contributed by atoms with Crippen LogP contribution in [0.15, 0.2) is 18.3 Å². The third-order valence-corrected chi connectivity index (χ3v) is 4.29.